The monoisotopic (exact) mass is 611 g/mol. The molecule has 5 rings (SSSR count). The van der Waals surface area contributed by atoms with E-state index >= 15 is 0 Å². The van der Waals surface area contributed by atoms with Crippen LogP contribution in [0.3, 0.4) is 0 Å². The van der Waals surface area contributed by atoms with Crippen molar-refractivity contribution in [2.75, 3.05) is 7.11 Å². The average molecular weight is 612 g/mol. The second-order valence-electron chi connectivity index (χ2n) is 10.3. The number of halogens is 3. The van der Waals surface area contributed by atoms with E-state index in [0.717, 1.165) is 0 Å². The van der Waals surface area contributed by atoms with Crippen LogP contribution in [0.4, 0.5) is 13.2 Å². The minimum atomic E-state index is -5.29. The number of nitrogens with zero attached hydrogens (tertiary/aromatic N) is 2. The van der Waals surface area contributed by atoms with Gasteiger partial charge in [0.2, 0.25) is 0 Å². The van der Waals surface area contributed by atoms with Crippen molar-refractivity contribution in [1.82, 2.24) is 4.57 Å². The summed E-state index contributed by atoms with van der Waals surface area (Å²) in [6.45, 7) is -0.162. The van der Waals surface area contributed by atoms with Gasteiger partial charge in [-0.25, -0.2) is 4.79 Å². The van der Waals surface area contributed by atoms with Crippen LogP contribution in [0.5, 0.6) is 5.75 Å². The zero-order valence-electron chi connectivity index (χ0n) is 24.1. The van der Waals surface area contributed by atoms with E-state index in [1.54, 1.807) is 78.9 Å². The molecule has 10 heteroatoms. The smallest absolute Gasteiger partial charge is 0.490 e. The third kappa shape index (κ3) is 5.90. The zero-order valence-corrected chi connectivity index (χ0v) is 24.1. The summed E-state index contributed by atoms with van der Waals surface area (Å²) in [5, 5.41) is 11.3. The van der Waals surface area contributed by atoms with Crippen molar-refractivity contribution in [2.24, 2.45) is 5.73 Å². The van der Waals surface area contributed by atoms with Crippen LogP contribution >= 0.6 is 0 Å². The van der Waals surface area contributed by atoms with Gasteiger partial charge in [-0.15, -0.1) is 0 Å². The fourth-order valence-electron chi connectivity index (χ4n) is 5.75. The highest BCUT2D eigenvalue weighted by molar-refractivity contribution is 5.99. The Morgan fingerprint density at radius 3 is 1.96 bits per heavy atom. The number of carbonyl (C=O) groups excluding carboxylic acids is 1. The minimum Gasteiger partial charge on any atom is -0.497 e. The Morgan fingerprint density at radius 2 is 1.44 bits per heavy atom. The quantitative estimate of drug-likeness (QED) is 0.155. The van der Waals surface area contributed by atoms with Crippen molar-refractivity contribution in [3.63, 3.8) is 0 Å². The molecule has 0 saturated carbocycles. The molecule has 228 valence electrons. The first-order chi connectivity index (χ1) is 21.6. The number of nitrogens with two attached hydrogens (primary N) is 1. The van der Waals surface area contributed by atoms with Gasteiger partial charge in [0.1, 0.15) is 17.5 Å². The number of methoxy groups -OCH3 is 1. The van der Waals surface area contributed by atoms with E-state index < -0.39 is 29.3 Å². The first-order valence-corrected chi connectivity index (χ1v) is 14.0. The van der Waals surface area contributed by atoms with Crippen molar-refractivity contribution in [3.8, 4) is 22.9 Å². The molecule has 7 nitrogen and oxygen atoms in total. The Hall–Kier alpha value is -5.40. The third-order valence-electron chi connectivity index (χ3n) is 7.91. The van der Waals surface area contributed by atoms with Crippen LogP contribution < -0.4 is 16.0 Å². The number of esters is 1. The van der Waals surface area contributed by atoms with Gasteiger partial charge in [-0.05, 0) is 41.3 Å². The molecule has 1 aromatic heterocycles. The molecule has 1 atom stereocenters. The Bertz CT molecular complexity index is 1880. The Kier molecular flexibility index (Phi) is 8.75. The maximum absolute atomic E-state index is 14.1. The lowest BCUT2D eigenvalue weighted by Crippen LogP contribution is -2.51. The molecule has 0 aliphatic carbocycles. The predicted octanol–water partition coefficient (Wildman–Crippen LogP) is 6.32. The lowest BCUT2D eigenvalue weighted by molar-refractivity contribution is -0.207. The lowest BCUT2D eigenvalue weighted by Gasteiger charge is -2.39. The fraction of sp³-hybridized carbons (Fsp3) is 0.171. The maximum Gasteiger partial charge on any atom is 0.490 e. The van der Waals surface area contributed by atoms with Crippen molar-refractivity contribution in [1.29, 1.82) is 5.26 Å². The summed E-state index contributed by atoms with van der Waals surface area (Å²) < 4.78 is 51.8. The van der Waals surface area contributed by atoms with Crippen molar-refractivity contribution < 1.29 is 27.4 Å². The molecule has 0 spiro atoms. The summed E-state index contributed by atoms with van der Waals surface area (Å²) >= 11 is 0. The summed E-state index contributed by atoms with van der Waals surface area (Å²) in [6.07, 6.45) is -7.22. The first-order valence-electron chi connectivity index (χ1n) is 14.0. The van der Waals surface area contributed by atoms with Gasteiger partial charge in [0.05, 0.1) is 12.5 Å². The number of benzene rings is 4. The number of hydrogen-bond donors (Lipinski definition) is 1. The summed E-state index contributed by atoms with van der Waals surface area (Å²) in [4.78, 5) is 26.1. The van der Waals surface area contributed by atoms with Crippen LogP contribution in [-0.4, -0.2) is 30.1 Å². The van der Waals surface area contributed by atoms with Crippen molar-refractivity contribution in [3.05, 3.63) is 136 Å². The molecule has 0 radical (unpaired) electrons. The normalized spacial score (nSPS) is 12.4. The van der Waals surface area contributed by atoms with Crippen LogP contribution in [0.25, 0.3) is 21.9 Å². The van der Waals surface area contributed by atoms with Crippen LogP contribution in [0.15, 0.2) is 114 Å². The zero-order chi connectivity index (χ0) is 32.2. The van der Waals surface area contributed by atoms with E-state index in [9.17, 15) is 28.0 Å². The number of nitriles is 1. The predicted molar refractivity (Wildman–Crippen MR) is 163 cm³/mol. The number of ether oxygens (including phenoxy) is 2. The second kappa shape index (κ2) is 12.7. The van der Waals surface area contributed by atoms with Gasteiger partial charge in [-0.1, -0.05) is 91.0 Å². The molecule has 0 bridgehead atoms. The van der Waals surface area contributed by atoms with Crippen molar-refractivity contribution in [2.45, 2.75) is 30.8 Å². The lowest BCUT2D eigenvalue weighted by atomic mass is 9.70. The first kappa shape index (κ1) is 31.0. The van der Waals surface area contributed by atoms with Crippen LogP contribution in [0.2, 0.25) is 0 Å². The van der Waals surface area contributed by atoms with E-state index in [1.807, 2.05) is 30.3 Å². The van der Waals surface area contributed by atoms with Gasteiger partial charge in [0.25, 0.3) is 5.56 Å². The largest absolute Gasteiger partial charge is 0.497 e. The highest BCUT2D eigenvalue weighted by Crippen LogP contribution is 2.41. The van der Waals surface area contributed by atoms with Gasteiger partial charge in [0, 0.05) is 22.9 Å². The van der Waals surface area contributed by atoms with E-state index in [1.165, 1.54) is 11.7 Å². The number of pyridine rings is 1. The Labute approximate surface area is 256 Å². The van der Waals surface area contributed by atoms with E-state index in [0.29, 0.717) is 38.8 Å². The molecule has 0 fully saturated rings. The molecule has 0 amide bonds. The topological polar surface area (TPSA) is 107 Å². The molecule has 5 aromatic rings. The fourth-order valence-corrected chi connectivity index (χ4v) is 5.75. The number of hydrogen-bond acceptors (Lipinski definition) is 6. The molecule has 0 saturated heterocycles. The number of fused-ring (bicyclic) bond motifs is 1. The summed E-state index contributed by atoms with van der Waals surface area (Å²) in [6, 6.07) is 33.1. The van der Waals surface area contributed by atoms with Gasteiger partial charge in [-0.3, -0.25) is 15.1 Å². The highest BCUT2D eigenvalue weighted by Gasteiger charge is 2.48. The molecule has 0 aliphatic heterocycles. The molecular weight excluding hydrogens is 583 g/mol. The molecule has 4 aromatic carbocycles. The standard InChI is InChI=1S/C35H28F3N3O4/c1-44-26-17-18-27-28(21-26)30(23-11-5-2-6-12-23)29(22-39)41(31(27)42)20-19-34(24-13-7-3-8-14-24,25-15-9-4-10-16-25)32(40)45-33(43)35(36,37)38/h2-18,21,32H,19-20,40H2,1H3. The van der Waals surface area contributed by atoms with E-state index in [2.05, 4.69) is 6.07 Å². The molecule has 0 aliphatic rings. The number of carbonyl (C=O) groups is 1. The van der Waals surface area contributed by atoms with E-state index in [4.69, 9.17) is 15.2 Å². The summed E-state index contributed by atoms with van der Waals surface area (Å²) in [5.74, 6) is -1.95. The molecular formula is C35H28F3N3O4. The SMILES string of the molecule is COc1ccc2c(=O)n(CCC(c3ccccc3)(c3ccccc3)C(N)OC(=O)C(F)(F)F)c(C#N)c(-c3ccccc3)c2c1. The molecule has 2 N–H and O–H groups in total. The van der Waals surface area contributed by atoms with Gasteiger partial charge < -0.3 is 9.47 Å². The Balaban J connectivity index is 1.75. The van der Waals surface area contributed by atoms with E-state index in [-0.39, 0.29) is 18.7 Å². The number of rotatable bonds is 9. The van der Waals surface area contributed by atoms with Gasteiger partial charge >= 0.3 is 12.1 Å². The average Bonchev–Trinajstić information content (AvgIpc) is 3.06. The summed E-state index contributed by atoms with van der Waals surface area (Å²) in [7, 11) is 1.50. The Morgan fingerprint density at radius 1 is 0.889 bits per heavy atom. The van der Waals surface area contributed by atoms with Gasteiger partial charge in [-0.2, -0.15) is 18.4 Å². The summed E-state index contributed by atoms with van der Waals surface area (Å²) in [5.41, 5.74) is 6.50. The maximum atomic E-state index is 14.1. The van der Waals surface area contributed by atoms with Crippen LogP contribution in [0.1, 0.15) is 23.2 Å². The molecule has 1 heterocycles. The number of alkyl halides is 3. The van der Waals surface area contributed by atoms with Gasteiger partial charge in [0.15, 0.2) is 6.23 Å². The highest BCUT2D eigenvalue weighted by atomic mass is 19.4. The number of aromatic nitrogens is 1. The molecule has 45 heavy (non-hydrogen) atoms. The second-order valence-corrected chi connectivity index (χ2v) is 10.3. The third-order valence-corrected chi connectivity index (χ3v) is 7.91. The minimum absolute atomic E-state index is 0.0443. The molecule has 1 unspecified atom stereocenters. The van der Waals surface area contributed by atoms with Crippen molar-refractivity contribution >= 4 is 16.7 Å². The van der Waals surface area contributed by atoms with Crippen LogP contribution in [0, 0.1) is 11.3 Å². The van der Waals surface area contributed by atoms with Crippen LogP contribution in [-0.2, 0) is 21.5 Å².